The van der Waals surface area contributed by atoms with Crippen LogP contribution in [0.15, 0.2) is 42.6 Å². The van der Waals surface area contributed by atoms with Crippen LogP contribution in [0.3, 0.4) is 0 Å². The van der Waals surface area contributed by atoms with Gasteiger partial charge in [-0.2, -0.15) is 0 Å². The third kappa shape index (κ3) is 4.70. The maximum Gasteiger partial charge on any atom is 0.292 e. The molecule has 0 radical (unpaired) electrons. The van der Waals surface area contributed by atoms with Crippen molar-refractivity contribution in [2.75, 3.05) is 49.6 Å². The number of nitro groups is 1. The number of nitrogens with zero attached hydrogens (tertiary/aromatic N) is 3. The summed E-state index contributed by atoms with van der Waals surface area (Å²) in [5.41, 5.74) is 0.933. The Morgan fingerprint density at radius 1 is 1.19 bits per heavy atom. The van der Waals surface area contributed by atoms with Gasteiger partial charge in [0.2, 0.25) is 0 Å². The number of ether oxygens (including phenoxy) is 1. The quantitative estimate of drug-likeness (QED) is 0.433. The first-order valence-electron chi connectivity index (χ1n) is 8.70. The van der Waals surface area contributed by atoms with Crippen LogP contribution in [0.1, 0.15) is 10.4 Å². The zero-order chi connectivity index (χ0) is 19.1. The summed E-state index contributed by atoms with van der Waals surface area (Å²) in [6, 6.07) is 9.87. The lowest BCUT2D eigenvalue weighted by molar-refractivity contribution is -0.384. The minimum absolute atomic E-state index is 0.00527. The molecule has 1 aromatic heterocycles. The fourth-order valence-electron chi connectivity index (χ4n) is 2.85. The maximum absolute atomic E-state index is 12.5. The van der Waals surface area contributed by atoms with Gasteiger partial charge in [0.1, 0.15) is 11.5 Å². The molecular formula is C18H21N5O4. The second-order valence-corrected chi connectivity index (χ2v) is 5.93. The van der Waals surface area contributed by atoms with Gasteiger partial charge in [-0.3, -0.25) is 14.9 Å². The predicted molar refractivity (Wildman–Crippen MR) is 101 cm³/mol. The SMILES string of the molecule is O=C(NCCNc1ccccc1[N+](=O)[O-])c1cccnc1N1CCOCC1. The van der Waals surface area contributed by atoms with Gasteiger partial charge in [-0.25, -0.2) is 4.98 Å². The summed E-state index contributed by atoms with van der Waals surface area (Å²) in [5.74, 6) is 0.416. The van der Waals surface area contributed by atoms with Crippen molar-refractivity contribution in [2.24, 2.45) is 0 Å². The van der Waals surface area contributed by atoms with Crippen LogP contribution in [0.25, 0.3) is 0 Å². The minimum Gasteiger partial charge on any atom is -0.378 e. The van der Waals surface area contributed by atoms with Crippen LogP contribution in [0.4, 0.5) is 17.2 Å². The van der Waals surface area contributed by atoms with E-state index in [1.807, 2.05) is 4.90 Å². The van der Waals surface area contributed by atoms with Gasteiger partial charge in [-0.1, -0.05) is 12.1 Å². The summed E-state index contributed by atoms with van der Waals surface area (Å²) in [7, 11) is 0. The standard InChI is InChI=1S/C18H21N5O4/c24-18(14-4-3-7-20-17(14)22-10-12-27-13-11-22)21-9-8-19-15-5-1-2-6-16(15)23(25)26/h1-7,19H,8-13H2,(H,21,24). The molecule has 1 amide bonds. The molecule has 142 valence electrons. The normalized spacial score (nSPS) is 13.9. The van der Waals surface area contributed by atoms with Gasteiger partial charge in [0.05, 0.1) is 23.7 Å². The largest absolute Gasteiger partial charge is 0.378 e. The van der Waals surface area contributed by atoms with E-state index in [0.29, 0.717) is 56.5 Å². The topological polar surface area (TPSA) is 110 Å². The van der Waals surface area contributed by atoms with Crippen molar-refractivity contribution in [1.29, 1.82) is 0 Å². The number of aromatic nitrogens is 1. The number of carbonyl (C=O) groups excluding carboxylic acids is 1. The number of amides is 1. The molecule has 9 heteroatoms. The lowest BCUT2D eigenvalue weighted by Crippen LogP contribution is -2.39. The first-order chi connectivity index (χ1) is 13.2. The number of rotatable bonds is 7. The number of nitro benzene ring substituents is 1. The highest BCUT2D eigenvalue weighted by Gasteiger charge is 2.19. The van der Waals surface area contributed by atoms with Crippen LogP contribution >= 0.6 is 0 Å². The Labute approximate surface area is 156 Å². The molecule has 2 aromatic rings. The van der Waals surface area contributed by atoms with Crippen molar-refractivity contribution in [2.45, 2.75) is 0 Å². The molecule has 0 saturated carbocycles. The van der Waals surface area contributed by atoms with Gasteiger partial charge in [0.25, 0.3) is 11.6 Å². The van der Waals surface area contributed by atoms with Crippen molar-refractivity contribution in [3.63, 3.8) is 0 Å². The number of nitrogens with one attached hydrogen (secondary N) is 2. The Morgan fingerprint density at radius 2 is 1.96 bits per heavy atom. The van der Waals surface area contributed by atoms with E-state index in [9.17, 15) is 14.9 Å². The summed E-state index contributed by atoms with van der Waals surface area (Å²) >= 11 is 0. The summed E-state index contributed by atoms with van der Waals surface area (Å²) in [6.45, 7) is 3.29. The molecule has 9 nitrogen and oxygen atoms in total. The molecule has 0 spiro atoms. The molecule has 0 aliphatic carbocycles. The van der Waals surface area contributed by atoms with Gasteiger partial charge in [-0.15, -0.1) is 0 Å². The van der Waals surface area contributed by atoms with Gasteiger partial charge < -0.3 is 20.3 Å². The molecule has 2 heterocycles. The number of carbonyl (C=O) groups is 1. The smallest absolute Gasteiger partial charge is 0.292 e. The van der Waals surface area contributed by atoms with Gasteiger partial charge in [-0.05, 0) is 18.2 Å². The van der Waals surface area contributed by atoms with E-state index in [2.05, 4.69) is 15.6 Å². The molecule has 1 aliphatic rings. The average Bonchev–Trinajstić information content (AvgIpc) is 2.72. The zero-order valence-electron chi connectivity index (χ0n) is 14.8. The van der Waals surface area contributed by atoms with Crippen molar-refractivity contribution in [3.05, 3.63) is 58.3 Å². The molecule has 27 heavy (non-hydrogen) atoms. The van der Waals surface area contributed by atoms with Gasteiger partial charge >= 0.3 is 0 Å². The monoisotopic (exact) mass is 371 g/mol. The fraction of sp³-hybridized carbons (Fsp3) is 0.333. The predicted octanol–water partition coefficient (Wildman–Crippen LogP) is 1.67. The van der Waals surface area contributed by atoms with E-state index < -0.39 is 4.92 Å². The average molecular weight is 371 g/mol. The Bertz CT molecular complexity index is 808. The summed E-state index contributed by atoms with van der Waals surface area (Å²) in [4.78, 5) is 29.5. The molecule has 1 aromatic carbocycles. The van der Waals surface area contributed by atoms with E-state index in [4.69, 9.17) is 4.74 Å². The maximum atomic E-state index is 12.5. The molecule has 0 atom stereocenters. The van der Waals surface area contributed by atoms with Crippen LogP contribution in [-0.2, 0) is 4.74 Å². The fourth-order valence-corrected chi connectivity index (χ4v) is 2.85. The second-order valence-electron chi connectivity index (χ2n) is 5.93. The molecule has 0 bridgehead atoms. The number of benzene rings is 1. The van der Waals surface area contributed by atoms with Crippen LogP contribution in [0.5, 0.6) is 0 Å². The first kappa shape index (κ1) is 18.6. The molecule has 1 aliphatic heterocycles. The number of para-hydroxylation sites is 2. The number of pyridine rings is 1. The zero-order valence-corrected chi connectivity index (χ0v) is 14.8. The molecule has 1 fully saturated rings. The summed E-state index contributed by atoms with van der Waals surface area (Å²) in [6.07, 6.45) is 1.66. The van der Waals surface area contributed by atoms with Crippen molar-refractivity contribution < 1.29 is 14.5 Å². The number of anilines is 2. The van der Waals surface area contributed by atoms with Gasteiger partial charge in [0, 0.05) is 38.4 Å². The Morgan fingerprint density at radius 3 is 2.74 bits per heavy atom. The van der Waals surface area contributed by atoms with E-state index in [1.165, 1.54) is 6.07 Å². The Hall–Kier alpha value is -3.20. The van der Waals surface area contributed by atoms with E-state index >= 15 is 0 Å². The van der Waals surface area contributed by atoms with Crippen LogP contribution < -0.4 is 15.5 Å². The number of hydrogen-bond donors (Lipinski definition) is 2. The number of hydrogen-bond acceptors (Lipinski definition) is 7. The van der Waals surface area contributed by atoms with E-state index in [-0.39, 0.29) is 11.6 Å². The lowest BCUT2D eigenvalue weighted by atomic mass is 10.2. The highest BCUT2D eigenvalue weighted by Crippen LogP contribution is 2.22. The van der Waals surface area contributed by atoms with Crippen molar-refractivity contribution in [3.8, 4) is 0 Å². The summed E-state index contributed by atoms with van der Waals surface area (Å²) in [5, 5.41) is 16.8. The van der Waals surface area contributed by atoms with Crippen LogP contribution in [0, 0.1) is 10.1 Å². The van der Waals surface area contributed by atoms with E-state index in [0.717, 1.165) is 0 Å². The first-order valence-corrected chi connectivity index (χ1v) is 8.70. The van der Waals surface area contributed by atoms with Crippen LogP contribution in [-0.4, -0.2) is 55.2 Å². The third-order valence-corrected chi connectivity index (χ3v) is 4.17. The third-order valence-electron chi connectivity index (χ3n) is 4.17. The molecule has 0 unspecified atom stereocenters. The molecule has 1 saturated heterocycles. The Kier molecular flexibility index (Phi) is 6.16. The minimum atomic E-state index is -0.439. The molecular weight excluding hydrogens is 350 g/mol. The van der Waals surface area contributed by atoms with Crippen molar-refractivity contribution in [1.82, 2.24) is 10.3 Å². The highest BCUT2D eigenvalue weighted by molar-refractivity contribution is 5.98. The molecule has 2 N–H and O–H groups in total. The second kappa shape index (κ2) is 8.95. The van der Waals surface area contributed by atoms with Crippen LogP contribution in [0.2, 0.25) is 0 Å². The molecule has 3 rings (SSSR count). The van der Waals surface area contributed by atoms with E-state index in [1.54, 1.807) is 36.5 Å². The highest BCUT2D eigenvalue weighted by atomic mass is 16.6. The van der Waals surface area contributed by atoms with Crippen molar-refractivity contribution >= 4 is 23.1 Å². The lowest BCUT2D eigenvalue weighted by Gasteiger charge is -2.29. The number of morpholine rings is 1. The van der Waals surface area contributed by atoms with Gasteiger partial charge in [0.15, 0.2) is 0 Å². The Balaban J connectivity index is 1.57. The summed E-state index contributed by atoms with van der Waals surface area (Å²) < 4.78 is 5.34.